The fourth-order valence-corrected chi connectivity index (χ4v) is 2.48. The van der Waals surface area contributed by atoms with Gasteiger partial charge in [0.15, 0.2) is 0 Å². The van der Waals surface area contributed by atoms with Gasteiger partial charge < -0.3 is 5.32 Å². The fraction of sp³-hybridized carbons (Fsp3) is 0.636. The summed E-state index contributed by atoms with van der Waals surface area (Å²) >= 11 is 1.78. The van der Waals surface area contributed by atoms with E-state index in [2.05, 4.69) is 42.9 Å². The van der Waals surface area contributed by atoms with E-state index in [-0.39, 0.29) is 0 Å². The van der Waals surface area contributed by atoms with Crippen LogP contribution in [-0.4, -0.2) is 13.1 Å². The highest BCUT2D eigenvalue weighted by Gasteiger charge is 2.22. The lowest BCUT2D eigenvalue weighted by atomic mass is 9.81. The highest BCUT2D eigenvalue weighted by Crippen LogP contribution is 2.29. The van der Waals surface area contributed by atoms with E-state index >= 15 is 0 Å². The molecule has 13 heavy (non-hydrogen) atoms. The second-order valence-electron chi connectivity index (χ2n) is 4.29. The van der Waals surface area contributed by atoms with Crippen LogP contribution in [0.5, 0.6) is 0 Å². The molecule has 0 aromatic carbocycles. The largest absolute Gasteiger partial charge is 0.317 e. The lowest BCUT2D eigenvalue weighted by Crippen LogP contribution is -2.30. The summed E-state index contributed by atoms with van der Waals surface area (Å²) in [7, 11) is 2.02. The van der Waals surface area contributed by atoms with Gasteiger partial charge in [0.25, 0.3) is 0 Å². The molecule has 0 fully saturated rings. The van der Waals surface area contributed by atoms with Gasteiger partial charge in [0.2, 0.25) is 0 Å². The zero-order chi connectivity index (χ0) is 9.90. The first-order chi connectivity index (χ1) is 6.06. The van der Waals surface area contributed by atoms with E-state index in [1.807, 2.05) is 7.05 Å². The van der Waals surface area contributed by atoms with Gasteiger partial charge >= 0.3 is 0 Å². The van der Waals surface area contributed by atoms with E-state index in [0.717, 1.165) is 0 Å². The van der Waals surface area contributed by atoms with Crippen molar-refractivity contribution in [2.75, 3.05) is 7.05 Å². The second-order valence-corrected chi connectivity index (χ2v) is 5.07. The van der Waals surface area contributed by atoms with E-state index in [4.69, 9.17) is 0 Å². The van der Waals surface area contributed by atoms with Gasteiger partial charge in [-0.15, -0.1) is 0 Å². The van der Waals surface area contributed by atoms with Crippen molar-refractivity contribution in [3.63, 3.8) is 0 Å². The summed E-state index contributed by atoms with van der Waals surface area (Å²) in [6, 6.07) is 2.81. The summed E-state index contributed by atoms with van der Waals surface area (Å²) in [5.74, 6) is 0. The highest BCUT2D eigenvalue weighted by molar-refractivity contribution is 7.08. The maximum absolute atomic E-state index is 3.29. The van der Waals surface area contributed by atoms with Crippen molar-refractivity contribution in [2.45, 2.75) is 38.6 Å². The zero-order valence-electron chi connectivity index (χ0n) is 8.92. The Bertz CT molecular complexity index is 239. The van der Waals surface area contributed by atoms with Gasteiger partial charge in [-0.05, 0) is 48.2 Å². The van der Waals surface area contributed by atoms with Crippen molar-refractivity contribution in [1.82, 2.24) is 5.32 Å². The molecule has 1 aromatic heterocycles. The maximum atomic E-state index is 3.29. The average molecular weight is 197 g/mol. The van der Waals surface area contributed by atoms with Crippen molar-refractivity contribution in [2.24, 2.45) is 0 Å². The molecular weight excluding hydrogens is 178 g/mol. The maximum Gasteiger partial charge on any atom is 0.00440 e. The lowest BCUT2D eigenvalue weighted by Gasteiger charge is -2.27. The molecule has 1 rings (SSSR count). The van der Waals surface area contributed by atoms with Crippen LogP contribution in [0.2, 0.25) is 0 Å². The molecule has 0 spiro atoms. The summed E-state index contributed by atoms with van der Waals surface area (Å²) < 4.78 is 0. The zero-order valence-corrected chi connectivity index (χ0v) is 9.74. The first-order valence-electron chi connectivity index (χ1n) is 4.76. The minimum Gasteiger partial charge on any atom is -0.317 e. The topological polar surface area (TPSA) is 12.0 Å². The normalized spacial score (nSPS) is 14.5. The molecule has 0 bridgehead atoms. The fourth-order valence-electron chi connectivity index (χ4n) is 1.63. The minimum atomic E-state index is 0.294. The lowest BCUT2D eigenvalue weighted by molar-refractivity contribution is 0.406. The third-order valence-corrected chi connectivity index (χ3v) is 3.30. The Balaban J connectivity index is 2.66. The van der Waals surface area contributed by atoms with Crippen molar-refractivity contribution in [3.05, 3.63) is 22.4 Å². The molecule has 74 valence electrons. The molecule has 0 amide bonds. The quantitative estimate of drug-likeness (QED) is 0.782. The monoisotopic (exact) mass is 197 g/mol. The van der Waals surface area contributed by atoms with E-state index in [1.165, 1.54) is 12.0 Å². The molecular formula is C11H19NS. The van der Waals surface area contributed by atoms with Crippen molar-refractivity contribution in [1.29, 1.82) is 0 Å². The molecule has 0 radical (unpaired) electrons. The second kappa shape index (κ2) is 4.25. The first-order valence-corrected chi connectivity index (χ1v) is 5.70. The molecule has 0 aliphatic rings. The van der Waals surface area contributed by atoms with Gasteiger partial charge in [0.1, 0.15) is 0 Å². The standard InChI is InChI=1S/C11H19NS/c1-9(12-4)7-11(2,3)10-5-6-13-8-10/h5-6,8-9,12H,7H2,1-4H3. The molecule has 1 atom stereocenters. The summed E-state index contributed by atoms with van der Waals surface area (Å²) in [5.41, 5.74) is 1.75. The Morgan fingerprint density at radius 1 is 1.54 bits per heavy atom. The Hall–Kier alpha value is -0.340. The molecule has 1 aromatic rings. The van der Waals surface area contributed by atoms with Crippen molar-refractivity contribution < 1.29 is 0 Å². The van der Waals surface area contributed by atoms with E-state index in [1.54, 1.807) is 11.3 Å². The number of hydrogen-bond donors (Lipinski definition) is 1. The number of hydrogen-bond acceptors (Lipinski definition) is 2. The number of thiophene rings is 1. The molecule has 0 saturated carbocycles. The van der Waals surface area contributed by atoms with Crippen LogP contribution in [0.25, 0.3) is 0 Å². The molecule has 2 heteroatoms. The highest BCUT2D eigenvalue weighted by atomic mass is 32.1. The molecule has 1 heterocycles. The third-order valence-electron chi connectivity index (χ3n) is 2.61. The Morgan fingerprint density at radius 3 is 2.69 bits per heavy atom. The van der Waals surface area contributed by atoms with Gasteiger partial charge in [0, 0.05) is 6.04 Å². The predicted molar refractivity (Wildman–Crippen MR) is 60.5 cm³/mol. The van der Waals surface area contributed by atoms with Crippen LogP contribution in [0, 0.1) is 0 Å². The Kier molecular flexibility index (Phi) is 3.51. The summed E-state index contributed by atoms with van der Waals surface area (Å²) in [5, 5.41) is 7.69. The van der Waals surface area contributed by atoms with Crippen LogP contribution in [-0.2, 0) is 5.41 Å². The molecule has 0 aliphatic carbocycles. The van der Waals surface area contributed by atoms with Crippen LogP contribution >= 0.6 is 11.3 Å². The van der Waals surface area contributed by atoms with Crippen molar-refractivity contribution >= 4 is 11.3 Å². The molecule has 0 saturated heterocycles. The van der Waals surface area contributed by atoms with E-state index in [9.17, 15) is 0 Å². The Morgan fingerprint density at radius 2 is 2.23 bits per heavy atom. The van der Waals surface area contributed by atoms with Crippen LogP contribution in [0.4, 0.5) is 0 Å². The van der Waals surface area contributed by atoms with Gasteiger partial charge in [0.05, 0.1) is 0 Å². The van der Waals surface area contributed by atoms with Crippen LogP contribution in [0.1, 0.15) is 32.8 Å². The molecule has 1 unspecified atom stereocenters. The summed E-state index contributed by atoms with van der Waals surface area (Å²) in [6.07, 6.45) is 1.18. The van der Waals surface area contributed by atoms with Crippen LogP contribution < -0.4 is 5.32 Å². The van der Waals surface area contributed by atoms with Gasteiger partial charge in [-0.3, -0.25) is 0 Å². The van der Waals surface area contributed by atoms with Gasteiger partial charge in [-0.2, -0.15) is 11.3 Å². The van der Waals surface area contributed by atoms with Crippen LogP contribution in [0.15, 0.2) is 16.8 Å². The predicted octanol–water partition coefficient (Wildman–Crippen LogP) is 3.02. The van der Waals surface area contributed by atoms with E-state index in [0.29, 0.717) is 11.5 Å². The summed E-state index contributed by atoms with van der Waals surface area (Å²) in [4.78, 5) is 0. The first kappa shape index (κ1) is 10.7. The van der Waals surface area contributed by atoms with Crippen LogP contribution in [0.3, 0.4) is 0 Å². The van der Waals surface area contributed by atoms with Crippen molar-refractivity contribution in [3.8, 4) is 0 Å². The van der Waals surface area contributed by atoms with Gasteiger partial charge in [-0.25, -0.2) is 0 Å². The van der Waals surface area contributed by atoms with Gasteiger partial charge in [-0.1, -0.05) is 13.8 Å². The summed E-state index contributed by atoms with van der Waals surface area (Å²) in [6.45, 7) is 6.85. The number of nitrogens with one attached hydrogen (secondary N) is 1. The SMILES string of the molecule is CNC(C)CC(C)(C)c1ccsc1. The average Bonchev–Trinajstić information content (AvgIpc) is 2.55. The molecule has 0 aliphatic heterocycles. The number of rotatable bonds is 4. The minimum absolute atomic E-state index is 0.294. The van der Waals surface area contributed by atoms with E-state index < -0.39 is 0 Å². The molecule has 1 N–H and O–H groups in total. The smallest absolute Gasteiger partial charge is 0.00440 e. The third kappa shape index (κ3) is 2.82. The Labute approximate surface area is 85.2 Å². The molecule has 1 nitrogen and oxygen atoms in total.